The molecule has 2 aromatic carbocycles. The molecule has 3 rings (SSSR count). The molecule has 7 nitrogen and oxygen atoms in total. The molecule has 1 heterocycles. The Morgan fingerprint density at radius 3 is 2.66 bits per heavy atom. The van der Waals surface area contributed by atoms with Crippen LogP contribution in [0.2, 0.25) is 0 Å². The number of allylic oxidation sites excluding steroid dienone is 1. The number of nitrogens with one attached hydrogen (secondary N) is 1. The van der Waals surface area contributed by atoms with Gasteiger partial charge in [0.25, 0.3) is 0 Å². The molecule has 0 saturated carbocycles. The third-order valence-electron chi connectivity index (χ3n) is 4.38. The van der Waals surface area contributed by atoms with Crippen LogP contribution < -0.4 is 14.8 Å². The van der Waals surface area contributed by atoms with Crippen LogP contribution >= 0.6 is 11.8 Å². The first-order valence-corrected chi connectivity index (χ1v) is 11.0. The number of carbonyl (C=O) groups is 1. The van der Waals surface area contributed by atoms with Crippen molar-refractivity contribution in [1.29, 1.82) is 0 Å². The van der Waals surface area contributed by atoms with E-state index in [-0.39, 0.29) is 18.3 Å². The quantitative estimate of drug-likeness (QED) is 0.333. The van der Waals surface area contributed by atoms with Gasteiger partial charge >= 0.3 is 0 Å². The van der Waals surface area contributed by atoms with Crippen LogP contribution in [0.5, 0.6) is 11.5 Å². The molecule has 0 fully saturated rings. The maximum Gasteiger partial charge on any atom is 0.237 e. The third-order valence-corrected chi connectivity index (χ3v) is 5.46. The number of halogens is 1. The Bertz CT molecular complexity index is 1060. The number of para-hydroxylation sites is 1. The molecule has 0 aliphatic carbocycles. The van der Waals surface area contributed by atoms with Gasteiger partial charge in [0.2, 0.25) is 5.91 Å². The lowest BCUT2D eigenvalue weighted by atomic mass is 10.3. The number of amides is 1. The van der Waals surface area contributed by atoms with Gasteiger partial charge in [-0.15, -0.1) is 16.8 Å². The van der Waals surface area contributed by atoms with Gasteiger partial charge in [0.05, 0.1) is 11.9 Å². The number of carbonyl (C=O) groups excluding carboxylic acids is 1. The lowest BCUT2D eigenvalue weighted by Crippen LogP contribution is -2.23. The number of ether oxygens (including phenoxy) is 2. The number of rotatable bonds is 11. The summed E-state index contributed by atoms with van der Waals surface area (Å²) in [6, 6.07) is 13.4. The smallest absolute Gasteiger partial charge is 0.237 e. The molecule has 0 saturated heterocycles. The molecule has 3 aromatic rings. The maximum absolute atomic E-state index is 13.8. The third kappa shape index (κ3) is 6.10. The summed E-state index contributed by atoms with van der Waals surface area (Å²) < 4.78 is 26.6. The highest BCUT2D eigenvalue weighted by molar-refractivity contribution is 8.00. The van der Waals surface area contributed by atoms with Gasteiger partial charge in [0.15, 0.2) is 22.5 Å². The van der Waals surface area contributed by atoms with Crippen LogP contribution in [-0.2, 0) is 17.9 Å². The van der Waals surface area contributed by atoms with Gasteiger partial charge in [0.1, 0.15) is 12.4 Å². The molecule has 1 aromatic heterocycles. The number of thioether (sulfide) groups is 1. The predicted octanol–water partition coefficient (Wildman–Crippen LogP) is 4.70. The van der Waals surface area contributed by atoms with E-state index in [1.54, 1.807) is 60.0 Å². The monoisotopic (exact) mass is 456 g/mol. The number of nitrogens with zero attached hydrogens (tertiary/aromatic N) is 3. The zero-order valence-corrected chi connectivity index (χ0v) is 18.8. The summed E-state index contributed by atoms with van der Waals surface area (Å²) in [6.07, 6.45) is 1.70. The van der Waals surface area contributed by atoms with Crippen LogP contribution in [0.3, 0.4) is 0 Å². The minimum absolute atomic E-state index is 0.0368. The van der Waals surface area contributed by atoms with Gasteiger partial charge < -0.3 is 14.8 Å². The molecular formula is C23H25FN4O3S. The fraction of sp³-hybridized carbons (Fsp3) is 0.261. The predicted molar refractivity (Wildman–Crippen MR) is 123 cm³/mol. The fourth-order valence-electron chi connectivity index (χ4n) is 2.79. The first kappa shape index (κ1) is 23.3. The van der Waals surface area contributed by atoms with E-state index in [2.05, 4.69) is 22.1 Å². The summed E-state index contributed by atoms with van der Waals surface area (Å²) >= 11 is 1.27. The average Bonchev–Trinajstić information content (AvgIpc) is 3.16. The lowest BCUT2D eigenvalue weighted by molar-refractivity contribution is -0.115. The van der Waals surface area contributed by atoms with Crippen molar-refractivity contribution in [2.75, 3.05) is 11.9 Å². The Kier molecular flexibility index (Phi) is 8.27. The Morgan fingerprint density at radius 1 is 1.22 bits per heavy atom. The molecule has 0 aliphatic heterocycles. The van der Waals surface area contributed by atoms with Gasteiger partial charge in [-0.05, 0) is 50.2 Å². The van der Waals surface area contributed by atoms with E-state index in [1.165, 1.54) is 17.8 Å². The molecule has 1 N–H and O–H groups in total. The summed E-state index contributed by atoms with van der Waals surface area (Å²) in [5.41, 5.74) is 0.678. The second-order valence-electron chi connectivity index (χ2n) is 6.72. The topological polar surface area (TPSA) is 78.3 Å². The maximum atomic E-state index is 13.8. The van der Waals surface area contributed by atoms with E-state index in [0.717, 1.165) is 5.75 Å². The van der Waals surface area contributed by atoms with Crippen molar-refractivity contribution in [2.24, 2.45) is 0 Å². The second-order valence-corrected chi connectivity index (χ2v) is 8.03. The Hall–Kier alpha value is -3.33. The normalized spacial score (nSPS) is 11.6. The van der Waals surface area contributed by atoms with Gasteiger partial charge in [-0.25, -0.2) is 4.39 Å². The highest BCUT2D eigenvalue weighted by Crippen LogP contribution is 2.25. The summed E-state index contributed by atoms with van der Waals surface area (Å²) in [6.45, 7) is 8.51. The standard InChI is InChI=1S/C23H25FN4O3S/c1-4-14-28-21(15-31-20-9-7-6-8-19(20)24)26-27-23(28)32-16(3)22(29)25-17-10-12-18(13-11-17)30-5-2/h4,6-13,16H,1,5,14-15H2,2-3H3,(H,25,29). The van der Waals surface area contributed by atoms with Crippen molar-refractivity contribution in [3.8, 4) is 11.5 Å². The van der Waals surface area contributed by atoms with E-state index >= 15 is 0 Å². The van der Waals surface area contributed by atoms with Crippen molar-refractivity contribution < 1.29 is 18.7 Å². The highest BCUT2D eigenvalue weighted by atomic mass is 32.2. The molecule has 0 radical (unpaired) electrons. The molecule has 32 heavy (non-hydrogen) atoms. The number of aromatic nitrogens is 3. The SMILES string of the molecule is C=CCn1c(COc2ccccc2F)nnc1SC(C)C(=O)Nc1ccc(OCC)cc1. The largest absolute Gasteiger partial charge is 0.494 e. The van der Waals surface area contributed by atoms with Gasteiger partial charge in [-0.3, -0.25) is 9.36 Å². The molecule has 0 bridgehead atoms. The van der Waals surface area contributed by atoms with Crippen molar-refractivity contribution >= 4 is 23.4 Å². The van der Waals surface area contributed by atoms with E-state index in [9.17, 15) is 9.18 Å². The van der Waals surface area contributed by atoms with Crippen LogP contribution in [0.4, 0.5) is 10.1 Å². The van der Waals surface area contributed by atoms with Crippen LogP contribution in [0, 0.1) is 5.82 Å². The molecule has 9 heteroatoms. The van der Waals surface area contributed by atoms with Crippen LogP contribution in [-0.4, -0.2) is 32.5 Å². The zero-order valence-electron chi connectivity index (χ0n) is 18.0. The molecule has 168 valence electrons. The van der Waals surface area contributed by atoms with Crippen molar-refractivity contribution in [2.45, 2.75) is 37.4 Å². The summed E-state index contributed by atoms with van der Waals surface area (Å²) in [4.78, 5) is 12.6. The number of benzene rings is 2. The summed E-state index contributed by atoms with van der Waals surface area (Å²) in [7, 11) is 0. The van der Waals surface area contributed by atoms with E-state index in [0.29, 0.717) is 29.8 Å². The van der Waals surface area contributed by atoms with Gasteiger partial charge in [-0.2, -0.15) is 0 Å². The van der Waals surface area contributed by atoms with Crippen LogP contribution in [0.15, 0.2) is 66.3 Å². The fourth-order valence-corrected chi connectivity index (χ4v) is 3.66. The first-order valence-electron chi connectivity index (χ1n) is 10.1. The van der Waals surface area contributed by atoms with Crippen molar-refractivity contribution in [3.63, 3.8) is 0 Å². The molecule has 1 amide bonds. The van der Waals surface area contributed by atoms with E-state index in [4.69, 9.17) is 9.47 Å². The molecule has 0 spiro atoms. The molecular weight excluding hydrogens is 431 g/mol. The zero-order chi connectivity index (χ0) is 22.9. The minimum atomic E-state index is -0.448. The van der Waals surface area contributed by atoms with E-state index < -0.39 is 11.1 Å². The first-order chi connectivity index (χ1) is 15.5. The number of anilines is 1. The van der Waals surface area contributed by atoms with Crippen molar-refractivity contribution in [3.05, 3.63) is 72.8 Å². The Labute approximate surface area is 190 Å². The lowest BCUT2D eigenvalue weighted by Gasteiger charge is -2.13. The summed E-state index contributed by atoms with van der Waals surface area (Å²) in [5, 5.41) is 11.3. The second kappa shape index (κ2) is 11.3. The molecule has 0 aliphatic rings. The van der Waals surface area contributed by atoms with Crippen molar-refractivity contribution in [1.82, 2.24) is 14.8 Å². The average molecular weight is 457 g/mol. The Morgan fingerprint density at radius 2 is 1.97 bits per heavy atom. The van der Waals surface area contributed by atoms with Gasteiger partial charge in [-0.1, -0.05) is 30.0 Å². The number of hydrogen-bond donors (Lipinski definition) is 1. The Balaban J connectivity index is 1.64. The van der Waals surface area contributed by atoms with Gasteiger partial charge in [0, 0.05) is 12.2 Å². The molecule has 1 atom stereocenters. The summed E-state index contributed by atoms with van der Waals surface area (Å²) in [5.74, 6) is 0.774. The van der Waals surface area contributed by atoms with E-state index in [1.807, 2.05) is 6.92 Å². The van der Waals surface area contributed by atoms with Crippen LogP contribution in [0.1, 0.15) is 19.7 Å². The highest BCUT2D eigenvalue weighted by Gasteiger charge is 2.20. The minimum Gasteiger partial charge on any atom is -0.494 e. The molecule has 1 unspecified atom stereocenters. The van der Waals surface area contributed by atoms with Crippen LogP contribution in [0.25, 0.3) is 0 Å². The number of hydrogen-bond acceptors (Lipinski definition) is 6.